The van der Waals surface area contributed by atoms with Crippen molar-refractivity contribution in [2.24, 2.45) is 0 Å². The quantitative estimate of drug-likeness (QED) is 0.347. The van der Waals surface area contributed by atoms with Gasteiger partial charge < -0.3 is 28.5 Å². The maximum atomic E-state index is 2.27. The molecule has 0 spiro atoms. The Bertz CT molecular complexity index is 107. The maximum Gasteiger partial charge on any atom is 0.0780 e. The lowest BCUT2D eigenvalue weighted by atomic mass is 10.1. The van der Waals surface area contributed by atoms with Gasteiger partial charge >= 0.3 is 0 Å². The van der Waals surface area contributed by atoms with Gasteiger partial charge in [-0.3, -0.25) is 0 Å². The summed E-state index contributed by atoms with van der Waals surface area (Å²) in [4.78, 5) is 0. The normalized spacial score (nSPS) is 11.1. The van der Waals surface area contributed by atoms with Crippen LogP contribution in [0.1, 0.15) is 51.9 Å². The van der Waals surface area contributed by atoms with E-state index in [0.29, 0.717) is 0 Å². The minimum Gasteiger partial charge on any atom is -1.00 e. The minimum atomic E-state index is 0. The summed E-state index contributed by atoms with van der Waals surface area (Å²) in [5, 5.41) is 0. The highest BCUT2D eigenvalue weighted by Gasteiger charge is 2.04. The topological polar surface area (TPSA) is 0 Å². The summed E-state index contributed by atoms with van der Waals surface area (Å²) in [6, 6.07) is 0. The van der Waals surface area contributed by atoms with Gasteiger partial charge in [0, 0.05) is 0 Å². The van der Waals surface area contributed by atoms with Crippen LogP contribution in [0.15, 0.2) is 0 Å². The van der Waals surface area contributed by atoms with Gasteiger partial charge in [0.15, 0.2) is 0 Å². The molecule has 0 saturated heterocycles. The molecule has 0 aliphatic rings. The highest BCUT2D eigenvalue weighted by Crippen LogP contribution is 2.07. The fourth-order valence-corrected chi connectivity index (χ4v) is 1.54. The SMILES string of the molecule is CCCCCCCCC[N+](C)(C)C.[I-]. The van der Waals surface area contributed by atoms with E-state index in [1.807, 2.05) is 0 Å². The van der Waals surface area contributed by atoms with E-state index in [0.717, 1.165) is 4.48 Å². The molecule has 0 aliphatic heterocycles. The predicted molar refractivity (Wildman–Crippen MR) is 60.9 cm³/mol. The van der Waals surface area contributed by atoms with Gasteiger partial charge in [0.25, 0.3) is 0 Å². The molecule has 0 amide bonds. The molecule has 0 rings (SSSR count). The third-order valence-corrected chi connectivity index (χ3v) is 2.43. The van der Waals surface area contributed by atoms with Gasteiger partial charge in [-0.2, -0.15) is 0 Å². The predicted octanol–water partition coefficient (Wildman–Crippen LogP) is 0.447. The summed E-state index contributed by atoms with van der Waals surface area (Å²) >= 11 is 0. The van der Waals surface area contributed by atoms with Crippen LogP contribution in [0.2, 0.25) is 0 Å². The molecule has 0 radical (unpaired) electrons. The van der Waals surface area contributed by atoms with E-state index in [-0.39, 0.29) is 24.0 Å². The van der Waals surface area contributed by atoms with Gasteiger partial charge in [-0.05, 0) is 12.8 Å². The van der Waals surface area contributed by atoms with Crippen LogP contribution in [0, 0.1) is 0 Å². The van der Waals surface area contributed by atoms with Gasteiger partial charge in [-0.1, -0.05) is 39.0 Å². The van der Waals surface area contributed by atoms with Crippen molar-refractivity contribution in [1.82, 2.24) is 0 Å². The highest BCUT2D eigenvalue weighted by atomic mass is 127. The van der Waals surface area contributed by atoms with Crippen LogP contribution in [0.5, 0.6) is 0 Å². The monoisotopic (exact) mass is 313 g/mol. The molecule has 0 N–H and O–H groups in total. The van der Waals surface area contributed by atoms with E-state index in [9.17, 15) is 0 Å². The first kappa shape index (κ1) is 17.1. The van der Waals surface area contributed by atoms with E-state index in [4.69, 9.17) is 0 Å². The second-order valence-electron chi connectivity index (χ2n) is 5.14. The molecule has 0 atom stereocenters. The molecule has 14 heavy (non-hydrogen) atoms. The summed E-state index contributed by atoms with van der Waals surface area (Å²) in [7, 11) is 6.82. The Labute approximate surface area is 108 Å². The first-order valence-electron chi connectivity index (χ1n) is 5.86. The van der Waals surface area contributed by atoms with Crippen LogP contribution in [-0.4, -0.2) is 32.2 Å². The molecule has 0 bridgehead atoms. The van der Waals surface area contributed by atoms with Gasteiger partial charge in [-0.15, -0.1) is 0 Å². The molecule has 2 heteroatoms. The Morgan fingerprint density at radius 1 is 0.714 bits per heavy atom. The Morgan fingerprint density at radius 2 is 1.14 bits per heavy atom. The van der Waals surface area contributed by atoms with Crippen molar-refractivity contribution < 1.29 is 28.5 Å². The van der Waals surface area contributed by atoms with Crippen LogP contribution in [0.4, 0.5) is 0 Å². The van der Waals surface area contributed by atoms with Crippen molar-refractivity contribution in [1.29, 1.82) is 0 Å². The molecule has 0 unspecified atom stereocenters. The second-order valence-corrected chi connectivity index (χ2v) is 5.14. The summed E-state index contributed by atoms with van der Waals surface area (Å²) in [5.41, 5.74) is 0. The van der Waals surface area contributed by atoms with Gasteiger partial charge in [0.1, 0.15) is 0 Å². The molecule has 0 aromatic rings. The van der Waals surface area contributed by atoms with E-state index < -0.39 is 0 Å². The zero-order valence-corrected chi connectivity index (χ0v) is 12.6. The largest absolute Gasteiger partial charge is 1.00 e. The van der Waals surface area contributed by atoms with Crippen molar-refractivity contribution in [3.05, 3.63) is 0 Å². The van der Waals surface area contributed by atoms with Gasteiger partial charge in [-0.25, -0.2) is 0 Å². The molecule has 0 fully saturated rings. The fraction of sp³-hybridized carbons (Fsp3) is 1.00. The van der Waals surface area contributed by atoms with Crippen LogP contribution < -0.4 is 24.0 Å². The first-order chi connectivity index (χ1) is 6.06. The van der Waals surface area contributed by atoms with Crippen LogP contribution in [-0.2, 0) is 0 Å². The minimum absolute atomic E-state index is 0. The third-order valence-electron chi connectivity index (χ3n) is 2.43. The van der Waals surface area contributed by atoms with E-state index in [2.05, 4.69) is 28.1 Å². The maximum absolute atomic E-state index is 2.27. The molecule has 0 aromatic heterocycles. The molecule has 88 valence electrons. The zero-order valence-electron chi connectivity index (χ0n) is 10.5. The average molecular weight is 313 g/mol. The summed E-state index contributed by atoms with van der Waals surface area (Å²) < 4.78 is 1.12. The van der Waals surface area contributed by atoms with E-state index >= 15 is 0 Å². The standard InChI is InChI=1S/C12H28N.HI/c1-5-6-7-8-9-10-11-12-13(2,3)4;/h5-12H2,1-4H3;1H/q+1;/p-1. The summed E-state index contributed by atoms with van der Waals surface area (Å²) in [5.74, 6) is 0. The van der Waals surface area contributed by atoms with Crippen LogP contribution >= 0.6 is 0 Å². The summed E-state index contributed by atoms with van der Waals surface area (Å²) in [6.45, 7) is 3.60. The van der Waals surface area contributed by atoms with Crippen molar-refractivity contribution in [2.45, 2.75) is 51.9 Å². The third kappa shape index (κ3) is 15.2. The Balaban J connectivity index is 0. The van der Waals surface area contributed by atoms with Crippen LogP contribution in [0.25, 0.3) is 0 Å². The second kappa shape index (κ2) is 10.2. The lowest BCUT2D eigenvalue weighted by Crippen LogP contribution is -3.00. The van der Waals surface area contributed by atoms with E-state index in [1.54, 1.807) is 0 Å². The molecule has 1 nitrogen and oxygen atoms in total. The number of hydrogen-bond acceptors (Lipinski definition) is 0. The average Bonchev–Trinajstić information content (AvgIpc) is 2.01. The molecule has 0 saturated carbocycles. The Hall–Kier alpha value is 0.690. The molecule has 0 aliphatic carbocycles. The fourth-order valence-electron chi connectivity index (χ4n) is 1.54. The molecular weight excluding hydrogens is 285 g/mol. The zero-order chi connectivity index (χ0) is 10.2. The smallest absolute Gasteiger partial charge is 0.0780 e. The number of rotatable bonds is 8. The van der Waals surface area contributed by atoms with E-state index in [1.165, 1.54) is 51.5 Å². The lowest BCUT2D eigenvalue weighted by Gasteiger charge is -2.23. The number of halogens is 1. The first-order valence-corrected chi connectivity index (χ1v) is 5.86. The number of unbranched alkanes of at least 4 members (excludes halogenated alkanes) is 6. The van der Waals surface area contributed by atoms with Crippen molar-refractivity contribution in [3.8, 4) is 0 Å². The molecule has 0 aromatic carbocycles. The van der Waals surface area contributed by atoms with Gasteiger partial charge in [0.05, 0.1) is 27.7 Å². The van der Waals surface area contributed by atoms with Crippen molar-refractivity contribution >= 4 is 0 Å². The summed E-state index contributed by atoms with van der Waals surface area (Å²) in [6.07, 6.45) is 9.95. The Morgan fingerprint density at radius 3 is 1.57 bits per heavy atom. The molecule has 0 heterocycles. The molecular formula is C12H28IN. The lowest BCUT2D eigenvalue weighted by molar-refractivity contribution is -0.870. The number of nitrogens with zero attached hydrogens (tertiary/aromatic N) is 1. The highest BCUT2D eigenvalue weighted by molar-refractivity contribution is 4.44. The van der Waals surface area contributed by atoms with Crippen molar-refractivity contribution in [2.75, 3.05) is 27.7 Å². The number of quaternary nitrogens is 1. The Kier molecular flexibility index (Phi) is 12.5. The number of hydrogen-bond donors (Lipinski definition) is 0. The van der Waals surface area contributed by atoms with Crippen LogP contribution in [0.3, 0.4) is 0 Å². The van der Waals surface area contributed by atoms with Gasteiger partial charge in [0.2, 0.25) is 0 Å². The van der Waals surface area contributed by atoms with Crippen molar-refractivity contribution in [3.63, 3.8) is 0 Å².